The van der Waals surface area contributed by atoms with E-state index in [0.29, 0.717) is 12.0 Å². The molecule has 4 nitrogen and oxygen atoms in total. The predicted octanol–water partition coefficient (Wildman–Crippen LogP) is 2.75. The van der Waals surface area contributed by atoms with Gasteiger partial charge in [0.25, 0.3) is 0 Å². The second-order valence-corrected chi connectivity index (χ2v) is 6.69. The van der Waals surface area contributed by atoms with Crippen LogP contribution in [0.3, 0.4) is 0 Å². The number of benzene rings is 1. The predicted molar refractivity (Wildman–Crippen MR) is 92.2 cm³/mol. The molecule has 1 aromatic heterocycles. The number of aliphatic imine (C=N–C) groups is 1. The second kappa shape index (κ2) is 6.92. The number of aromatic nitrogens is 1. The lowest BCUT2D eigenvalue weighted by atomic mass is 10.1. The molecular weight excluding hydrogens is 292 g/mol. The number of thiazole rings is 1. The summed E-state index contributed by atoms with van der Waals surface area (Å²) in [6.45, 7) is 2.75. The summed E-state index contributed by atoms with van der Waals surface area (Å²) in [4.78, 5) is 8.76. The Morgan fingerprint density at radius 1 is 1.36 bits per heavy atom. The fourth-order valence-corrected chi connectivity index (χ4v) is 3.29. The van der Waals surface area contributed by atoms with Gasteiger partial charge in [-0.3, -0.25) is 4.99 Å². The van der Waals surface area contributed by atoms with Gasteiger partial charge in [-0.25, -0.2) is 4.98 Å². The number of hydrogen-bond donors (Lipinski definition) is 2. The highest BCUT2D eigenvalue weighted by atomic mass is 32.1. The first-order chi connectivity index (χ1) is 10.7. The molecule has 116 valence electrons. The number of nitrogens with zero attached hydrogens (tertiary/aromatic N) is 2. The van der Waals surface area contributed by atoms with Crippen LogP contribution in [0.1, 0.15) is 22.7 Å². The van der Waals surface area contributed by atoms with Crippen LogP contribution in [0.15, 0.2) is 40.7 Å². The van der Waals surface area contributed by atoms with Crippen LogP contribution in [0.4, 0.5) is 0 Å². The SMILES string of the molecule is CN=C(NCc1nc(C)cs1)NC1CC1Cc1ccccc1. The van der Waals surface area contributed by atoms with Crippen molar-refractivity contribution >= 4 is 17.3 Å². The fourth-order valence-electron chi connectivity index (χ4n) is 2.58. The zero-order valence-electron chi connectivity index (χ0n) is 13.0. The van der Waals surface area contributed by atoms with Gasteiger partial charge in [-0.05, 0) is 31.2 Å². The van der Waals surface area contributed by atoms with Crippen LogP contribution in [0, 0.1) is 12.8 Å². The number of hydrogen-bond acceptors (Lipinski definition) is 3. The Labute approximate surface area is 135 Å². The van der Waals surface area contributed by atoms with Gasteiger partial charge in [0.15, 0.2) is 5.96 Å². The molecule has 1 aliphatic carbocycles. The minimum absolute atomic E-state index is 0.532. The van der Waals surface area contributed by atoms with Crippen molar-refractivity contribution < 1.29 is 0 Å². The van der Waals surface area contributed by atoms with Gasteiger partial charge in [0.05, 0.1) is 6.54 Å². The van der Waals surface area contributed by atoms with Gasteiger partial charge in [-0.15, -0.1) is 11.3 Å². The van der Waals surface area contributed by atoms with Crippen molar-refractivity contribution in [3.8, 4) is 0 Å². The van der Waals surface area contributed by atoms with E-state index in [4.69, 9.17) is 0 Å². The van der Waals surface area contributed by atoms with Crippen LogP contribution in [-0.4, -0.2) is 24.0 Å². The number of rotatable bonds is 5. The maximum atomic E-state index is 4.46. The van der Waals surface area contributed by atoms with Gasteiger partial charge in [-0.1, -0.05) is 30.3 Å². The third-order valence-electron chi connectivity index (χ3n) is 3.88. The van der Waals surface area contributed by atoms with E-state index >= 15 is 0 Å². The van der Waals surface area contributed by atoms with Crippen molar-refractivity contribution in [2.24, 2.45) is 10.9 Å². The Morgan fingerprint density at radius 2 is 2.18 bits per heavy atom. The van der Waals surface area contributed by atoms with Crippen LogP contribution >= 0.6 is 11.3 Å². The molecule has 1 aliphatic rings. The molecule has 5 heteroatoms. The standard InChI is InChI=1S/C17H22N4S/c1-12-11-22-16(20-12)10-19-17(18-2)21-15-9-14(15)8-13-6-4-3-5-7-13/h3-7,11,14-15H,8-10H2,1-2H3,(H2,18,19,21). The molecule has 2 unspecified atom stereocenters. The highest BCUT2D eigenvalue weighted by Crippen LogP contribution is 2.33. The van der Waals surface area contributed by atoms with Crippen molar-refractivity contribution in [1.29, 1.82) is 0 Å². The fraction of sp³-hybridized carbons (Fsp3) is 0.412. The number of nitrogens with one attached hydrogen (secondary N) is 2. The molecule has 1 heterocycles. The second-order valence-electron chi connectivity index (χ2n) is 5.74. The first kappa shape index (κ1) is 15.0. The molecule has 1 saturated carbocycles. The molecule has 3 rings (SSSR count). The Hall–Kier alpha value is -1.88. The van der Waals surface area contributed by atoms with Crippen molar-refractivity contribution in [1.82, 2.24) is 15.6 Å². The summed E-state index contributed by atoms with van der Waals surface area (Å²) in [5.74, 6) is 1.58. The van der Waals surface area contributed by atoms with Crippen molar-refractivity contribution in [2.45, 2.75) is 32.4 Å². The Bertz CT molecular complexity index is 635. The average Bonchev–Trinajstić information content (AvgIpc) is 3.12. The lowest BCUT2D eigenvalue weighted by molar-refractivity contribution is 0.720. The monoisotopic (exact) mass is 314 g/mol. The average molecular weight is 314 g/mol. The van der Waals surface area contributed by atoms with E-state index in [1.165, 1.54) is 12.0 Å². The summed E-state index contributed by atoms with van der Waals surface area (Å²) in [5.41, 5.74) is 2.49. The minimum Gasteiger partial charge on any atom is -0.353 e. The van der Waals surface area contributed by atoms with E-state index in [1.807, 2.05) is 14.0 Å². The van der Waals surface area contributed by atoms with E-state index < -0.39 is 0 Å². The van der Waals surface area contributed by atoms with Crippen LogP contribution in [-0.2, 0) is 13.0 Å². The number of aryl methyl sites for hydroxylation is 1. The zero-order chi connectivity index (χ0) is 15.4. The first-order valence-electron chi connectivity index (χ1n) is 7.66. The maximum Gasteiger partial charge on any atom is 0.191 e. The van der Waals surface area contributed by atoms with Crippen LogP contribution in [0.5, 0.6) is 0 Å². The summed E-state index contributed by atoms with van der Waals surface area (Å²) < 4.78 is 0. The molecule has 0 amide bonds. The smallest absolute Gasteiger partial charge is 0.191 e. The number of guanidine groups is 1. The Balaban J connectivity index is 1.44. The van der Waals surface area contributed by atoms with Crippen molar-refractivity contribution in [3.05, 3.63) is 52.0 Å². The van der Waals surface area contributed by atoms with Gasteiger partial charge in [0.1, 0.15) is 5.01 Å². The molecular formula is C17H22N4S. The van der Waals surface area contributed by atoms with E-state index in [9.17, 15) is 0 Å². The molecule has 2 atom stereocenters. The lowest BCUT2D eigenvalue weighted by Gasteiger charge is -2.10. The zero-order valence-corrected chi connectivity index (χ0v) is 13.9. The molecule has 2 aromatic rings. The topological polar surface area (TPSA) is 49.3 Å². The van der Waals surface area contributed by atoms with Crippen LogP contribution < -0.4 is 10.6 Å². The maximum absolute atomic E-state index is 4.46. The van der Waals surface area contributed by atoms with Gasteiger partial charge in [-0.2, -0.15) is 0 Å². The van der Waals surface area contributed by atoms with Gasteiger partial charge in [0.2, 0.25) is 0 Å². The molecule has 0 radical (unpaired) electrons. The minimum atomic E-state index is 0.532. The first-order valence-corrected chi connectivity index (χ1v) is 8.54. The molecule has 0 saturated heterocycles. The normalized spacial score (nSPS) is 20.7. The molecule has 2 N–H and O–H groups in total. The van der Waals surface area contributed by atoms with E-state index in [2.05, 4.69) is 56.3 Å². The lowest BCUT2D eigenvalue weighted by Crippen LogP contribution is -2.38. The summed E-state index contributed by atoms with van der Waals surface area (Å²) in [6, 6.07) is 11.2. The van der Waals surface area contributed by atoms with Crippen molar-refractivity contribution in [3.63, 3.8) is 0 Å². The van der Waals surface area contributed by atoms with Gasteiger partial charge in [0, 0.05) is 24.2 Å². The molecule has 22 heavy (non-hydrogen) atoms. The summed E-state index contributed by atoms with van der Waals surface area (Å²) >= 11 is 1.68. The summed E-state index contributed by atoms with van der Waals surface area (Å²) in [7, 11) is 1.82. The van der Waals surface area contributed by atoms with Gasteiger partial charge >= 0.3 is 0 Å². The van der Waals surface area contributed by atoms with E-state index in [0.717, 1.165) is 29.6 Å². The third-order valence-corrected chi connectivity index (χ3v) is 4.85. The third kappa shape index (κ3) is 4.07. The molecule has 0 bridgehead atoms. The Kier molecular flexibility index (Phi) is 4.73. The van der Waals surface area contributed by atoms with Crippen LogP contribution in [0.2, 0.25) is 0 Å². The van der Waals surface area contributed by atoms with Crippen molar-refractivity contribution in [2.75, 3.05) is 7.05 Å². The highest BCUT2D eigenvalue weighted by molar-refractivity contribution is 7.09. The van der Waals surface area contributed by atoms with E-state index in [-0.39, 0.29) is 0 Å². The Morgan fingerprint density at radius 3 is 2.86 bits per heavy atom. The molecule has 0 spiro atoms. The molecule has 1 fully saturated rings. The quantitative estimate of drug-likeness (QED) is 0.659. The molecule has 0 aliphatic heterocycles. The largest absolute Gasteiger partial charge is 0.353 e. The summed E-state index contributed by atoms with van der Waals surface area (Å²) in [6.07, 6.45) is 2.35. The van der Waals surface area contributed by atoms with Gasteiger partial charge < -0.3 is 10.6 Å². The van der Waals surface area contributed by atoms with Crippen LogP contribution in [0.25, 0.3) is 0 Å². The molecule has 1 aromatic carbocycles. The summed E-state index contributed by atoms with van der Waals surface area (Å²) in [5, 5.41) is 10.0. The van der Waals surface area contributed by atoms with E-state index in [1.54, 1.807) is 11.3 Å². The highest BCUT2D eigenvalue weighted by Gasteiger charge is 2.37.